The maximum atomic E-state index is 12.9. The average molecular weight is 383 g/mol. The molecule has 0 atom stereocenters. The monoisotopic (exact) mass is 383 g/mol. The Labute approximate surface area is 146 Å². The molecule has 0 aliphatic carbocycles. The summed E-state index contributed by atoms with van der Waals surface area (Å²) in [6.07, 6.45) is -1.85. The number of hydrogen-bond donors (Lipinski definition) is 0. The normalized spacial score (nSPS) is 12.3. The van der Waals surface area contributed by atoms with E-state index < -0.39 is 11.7 Å². The van der Waals surface area contributed by atoms with Crippen molar-refractivity contribution in [1.82, 2.24) is 24.0 Å². The molecular weight excluding hydrogens is 375 g/mol. The van der Waals surface area contributed by atoms with Crippen molar-refractivity contribution < 1.29 is 13.2 Å². The van der Waals surface area contributed by atoms with E-state index in [2.05, 4.69) is 15.2 Å². The summed E-state index contributed by atoms with van der Waals surface area (Å²) in [6.45, 7) is 0. The summed E-state index contributed by atoms with van der Waals surface area (Å²) >= 11 is 2.50. The van der Waals surface area contributed by atoms with E-state index >= 15 is 0 Å². The third-order valence-corrected chi connectivity index (χ3v) is 5.14. The lowest BCUT2D eigenvalue weighted by atomic mass is 10.3. The number of fused-ring (bicyclic) bond motifs is 2. The Kier molecular flexibility index (Phi) is 3.76. The molecule has 4 aromatic heterocycles. The summed E-state index contributed by atoms with van der Waals surface area (Å²) in [6, 6.07) is 3.63. The largest absolute Gasteiger partial charge is 0.417 e. The highest BCUT2D eigenvalue weighted by Crippen LogP contribution is 2.30. The molecule has 0 aromatic carbocycles. The summed E-state index contributed by atoms with van der Waals surface area (Å²) < 4.78 is 41.3. The van der Waals surface area contributed by atoms with Gasteiger partial charge in [0, 0.05) is 29.6 Å². The second kappa shape index (κ2) is 5.85. The van der Waals surface area contributed by atoms with Crippen LogP contribution in [0.4, 0.5) is 13.2 Å². The first-order chi connectivity index (χ1) is 11.9. The number of aromatic nitrogens is 5. The number of thioether (sulfide) groups is 1. The number of pyridine rings is 1. The van der Waals surface area contributed by atoms with Gasteiger partial charge in [-0.15, -0.1) is 21.5 Å². The van der Waals surface area contributed by atoms with Gasteiger partial charge in [-0.2, -0.15) is 13.2 Å². The Balaban J connectivity index is 1.64. The quantitative estimate of drug-likeness (QED) is 0.509. The van der Waals surface area contributed by atoms with Crippen molar-refractivity contribution in [2.24, 2.45) is 0 Å². The van der Waals surface area contributed by atoms with Gasteiger partial charge in [-0.05, 0) is 12.1 Å². The minimum Gasteiger partial charge on any atom is -0.277 e. The van der Waals surface area contributed by atoms with Gasteiger partial charge in [-0.25, -0.2) is 4.98 Å². The minimum atomic E-state index is -4.44. The van der Waals surface area contributed by atoms with Crippen LogP contribution in [-0.4, -0.2) is 24.0 Å². The molecule has 11 heteroatoms. The van der Waals surface area contributed by atoms with Gasteiger partial charge in [0.05, 0.1) is 11.3 Å². The van der Waals surface area contributed by atoms with Gasteiger partial charge >= 0.3 is 6.18 Å². The summed E-state index contributed by atoms with van der Waals surface area (Å²) in [5.74, 6) is 0.292. The van der Waals surface area contributed by atoms with E-state index in [1.54, 1.807) is 11.6 Å². The second-order valence-electron chi connectivity index (χ2n) is 5.06. The molecule has 4 heterocycles. The van der Waals surface area contributed by atoms with Gasteiger partial charge in [-0.3, -0.25) is 13.6 Å². The minimum absolute atomic E-state index is 0.202. The molecule has 0 radical (unpaired) electrons. The molecule has 0 unspecified atom stereocenters. The standard InChI is InChI=1S/C14H8F3N5OS2/c15-14(16,17)8-1-2-10-19-20-13(22(10)6-8)25-7-9-5-11(23)21-3-4-24-12(21)18-9/h1-6H,7H2. The zero-order valence-corrected chi connectivity index (χ0v) is 13.9. The van der Waals surface area contributed by atoms with Crippen molar-refractivity contribution in [3.8, 4) is 0 Å². The number of alkyl halides is 3. The van der Waals surface area contributed by atoms with E-state index in [1.807, 2.05) is 0 Å². The fraction of sp³-hybridized carbons (Fsp3) is 0.143. The summed E-state index contributed by atoms with van der Waals surface area (Å²) in [5, 5.41) is 9.82. The van der Waals surface area contributed by atoms with E-state index in [0.717, 1.165) is 24.0 Å². The number of rotatable bonds is 3. The third-order valence-electron chi connectivity index (χ3n) is 3.40. The lowest BCUT2D eigenvalue weighted by Gasteiger charge is -2.07. The topological polar surface area (TPSA) is 64.6 Å². The fourth-order valence-corrected chi connectivity index (χ4v) is 3.78. The lowest BCUT2D eigenvalue weighted by Crippen LogP contribution is -2.12. The first-order valence-corrected chi connectivity index (χ1v) is 8.79. The molecule has 6 nitrogen and oxygen atoms in total. The number of nitrogens with zero attached hydrogens (tertiary/aromatic N) is 5. The van der Waals surface area contributed by atoms with Crippen molar-refractivity contribution in [1.29, 1.82) is 0 Å². The molecular formula is C14H8F3N5OS2. The molecule has 4 rings (SSSR count). The summed E-state index contributed by atoms with van der Waals surface area (Å²) in [7, 11) is 0. The first-order valence-electron chi connectivity index (χ1n) is 6.92. The Bertz CT molecular complexity index is 1130. The first kappa shape index (κ1) is 16.1. The van der Waals surface area contributed by atoms with E-state index in [-0.39, 0.29) is 5.56 Å². The van der Waals surface area contributed by atoms with Crippen LogP contribution in [0.1, 0.15) is 11.3 Å². The molecule has 0 amide bonds. The molecule has 25 heavy (non-hydrogen) atoms. The highest BCUT2D eigenvalue weighted by Gasteiger charge is 2.31. The van der Waals surface area contributed by atoms with Gasteiger partial charge in [-0.1, -0.05) is 11.8 Å². The van der Waals surface area contributed by atoms with Gasteiger partial charge < -0.3 is 0 Å². The molecule has 4 aromatic rings. The summed E-state index contributed by atoms with van der Waals surface area (Å²) in [5.41, 5.74) is -0.135. The Morgan fingerprint density at radius 3 is 2.84 bits per heavy atom. The fourth-order valence-electron chi connectivity index (χ4n) is 2.24. The Morgan fingerprint density at radius 1 is 1.20 bits per heavy atom. The molecule has 128 valence electrons. The van der Waals surface area contributed by atoms with Crippen LogP contribution in [0.25, 0.3) is 10.6 Å². The van der Waals surface area contributed by atoms with Crippen molar-refractivity contribution >= 4 is 33.7 Å². The zero-order chi connectivity index (χ0) is 17.6. The van der Waals surface area contributed by atoms with E-state index in [1.165, 1.54) is 32.3 Å². The maximum Gasteiger partial charge on any atom is 0.417 e. The SMILES string of the molecule is O=c1cc(CSc2nnc3ccc(C(F)(F)F)cn23)nc2sccn12. The molecule has 0 aliphatic heterocycles. The van der Waals surface area contributed by atoms with Crippen LogP contribution in [0.5, 0.6) is 0 Å². The van der Waals surface area contributed by atoms with Gasteiger partial charge in [0.2, 0.25) is 0 Å². The van der Waals surface area contributed by atoms with Gasteiger partial charge in [0.25, 0.3) is 5.56 Å². The molecule has 0 saturated heterocycles. The van der Waals surface area contributed by atoms with Crippen LogP contribution in [0.2, 0.25) is 0 Å². The molecule has 0 aliphatic rings. The van der Waals surface area contributed by atoms with Crippen molar-refractivity contribution in [2.75, 3.05) is 0 Å². The van der Waals surface area contributed by atoms with Crippen LogP contribution < -0.4 is 5.56 Å². The van der Waals surface area contributed by atoms with Gasteiger partial charge in [0.1, 0.15) is 0 Å². The van der Waals surface area contributed by atoms with Crippen LogP contribution in [0.15, 0.2) is 45.9 Å². The predicted octanol–water partition coefficient (Wildman–Crippen LogP) is 3.11. The van der Waals surface area contributed by atoms with Crippen molar-refractivity contribution in [3.63, 3.8) is 0 Å². The zero-order valence-electron chi connectivity index (χ0n) is 12.3. The molecule has 0 bridgehead atoms. The lowest BCUT2D eigenvalue weighted by molar-refractivity contribution is -0.137. The van der Waals surface area contributed by atoms with Crippen LogP contribution in [0, 0.1) is 0 Å². The predicted molar refractivity (Wildman–Crippen MR) is 86.9 cm³/mol. The van der Waals surface area contributed by atoms with Crippen LogP contribution in [0.3, 0.4) is 0 Å². The van der Waals surface area contributed by atoms with E-state index in [0.29, 0.717) is 27.2 Å². The molecule has 0 fully saturated rings. The van der Waals surface area contributed by atoms with E-state index in [4.69, 9.17) is 0 Å². The summed E-state index contributed by atoms with van der Waals surface area (Å²) in [4.78, 5) is 16.9. The molecule has 0 saturated carbocycles. The Morgan fingerprint density at radius 2 is 2.04 bits per heavy atom. The molecule has 0 N–H and O–H groups in total. The number of halogens is 3. The Hall–Kier alpha value is -2.40. The third kappa shape index (κ3) is 3.00. The van der Waals surface area contributed by atoms with Crippen molar-refractivity contribution in [2.45, 2.75) is 17.1 Å². The van der Waals surface area contributed by atoms with Crippen LogP contribution >= 0.6 is 23.1 Å². The highest BCUT2D eigenvalue weighted by atomic mass is 32.2. The average Bonchev–Trinajstić information content (AvgIpc) is 3.18. The van der Waals surface area contributed by atoms with Crippen molar-refractivity contribution in [3.05, 3.63) is 57.6 Å². The molecule has 0 spiro atoms. The maximum absolute atomic E-state index is 12.9. The van der Waals surface area contributed by atoms with E-state index in [9.17, 15) is 18.0 Å². The van der Waals surface area contributed by atoms with Gasteiger partial charge in [0.15, 0.2) is 15.8 Å². The second-order valence-corrected chi connectivity index (χ2v) is 6.87. The van der Waals surface area contributed by atoms with Crippen LogP contribution in [-0.2, 0) is 11.9 Å². The number of thiazole rings is 1. The highest BCUT2D eigenvalue weighted by molar-refractivity contribution is 7.98. The smallest absolute Gasteiger partial charge is 0.277 e. The number of hydrogen-bond acceptors (Lipinski definition) is 6.